The van der Waals surface area contributed by atoms with Crippen molar-refractivity contribution in [3.63, 3.8) is 0 Å². The van der Waals surface area contributed by atoms with Gasteiger partial charge in [0.05, 0.1) is 31.5 Å². The lowest BCUT2D eigenvalue weighted by Crippen LogP contribution is -2.29. The summed E-state index contributed by atoms with van der Waals surface area (Å²) in [5.74, 6) is -2.31. The van der Waals surface area contributed by atoms with Crippen LogP contribution in [0.4, 0.5) is 4.39 Å². The number of rotatable bonds is 5. The van der Waals surface area contributed by atoms with Crippen LogP contribution < -0.4 is 4.74 Å². The van der Waals surface area contributed by atoms with Crippen LogP contribution in [0.15, 0.2) is 75.3 Å². The van der Waals surface area contributed by atoms with E-state index in [2.05, 4.69) is 15.9 Å². The molecule has 1 aromatic heterocycles. The second kappa shape index (κ2) is 8.39. The maximum atomic E-state index is 14.2. The fourth-order valence-corrected chi connectivity index (χ4v) is 3.84. The highest BCUT2D eigenvalue weighted by atomic mass is 79.9. The van der Waals surface area contributed by atoms with Crippen LogP contribution in [-0.4, -0.2) is 28.8 Å². The monoisotopic (exact) mass is 485 g/mol. The molecule has 0 spiro atoms. The van der Waals surface area contributed by atoms with Gasteiger partial charge in [0.15, 0.2) is 11.6 Å². The molecule has 1 amide bonds. The van der Waals surface area contributed by atoms with Gasteiger partial charge in [-0.1, -0.05) is 28.1 Å². The SMILES string of the molecule is COc1ccc(C(O)=C2C(=O)C(=O)N(Cc3ccco3)[C@@H]2c2ccc(Br)cc2)cc1F. The number of hydrogen-bond donors (Lipinski definition) is 1. The molecule has 1 fully saturated rings. The Hall–Kier alpha value is -3.39. The van der Waals surface area contributed by atoms with E-state index in [9.17, 15) is 19.1 Å². The normalized spacial score (nSPS) is 17.9. The predicted molar refractivity (Wildman–Crippen MR) is 114 cm³/mol. The minimum Gasteiger partial charge on any atom is -0.507 e. The molecule has 3 aromatic rings. The number of aliphatic hydroxyl groups is 1. The lowest BCUT2D eigenvalue weighted by atomic mass is 9.95. The molecule has 1 aliphatic heterocycles. The Balaban J connectivity index is 1.86. The molecule has 0 unspecified atom stereocenters. The summed E-state index contributed by atoms with van der Waals surface area (Å²) in [5, 5.41) is 11.0. The van der Waals surface area contributed by atoms with Crippen molar-refractivity contribution in [3.05, 3.63) is 93.6 Å². The molecule has 1 saturated heterocycles. The molecule has 0 aliphatic carbocycles. The van der Waals surface area contributed by atoms with E-state index in [1.54, 1.807) is 36.4 Å². The zero-order valence-electron chi connectivity index (χ0n) is 16.3. The van der Waals surface area contributed by atoms with Gasteiger partial charge in [0.1, 0.15) is 11.5 Å². The largest absolute Gasteiger partial charge is 0.507 e. The maximum absolute atomic E-state index is 14.2. The number of likely N-dealkylation sites (tertiary alicyclic amines) is 1. The summed E-state index contributed by atoms with van der Waals surface area (Å²) < 4.78 is 25.3. The van der Waals surface area contributed by atoms with E-state index in [-0.39, 0.29) is 23.4 Å². The molecule has 2 heterocycles. The zero-order chi connectivity index (χ0) is 22.1. The second-order valence-corrected chi connectivity index (χ2v) is 7.82. The van der Waals surface area contributed by atoms with Crippen molar-refractivity contribution in [1.29, 1.82) is 0 Å². The van der Waals surface area contributed by atoms with E-state index in [0.29, 0.717) is 11.3 Å². The van der Waals surface area contributed by atoms with E-state index < -0.39 is 29.3 Å². The number of furan rings is 1. The molecule has 8 heteroatoms. The van der Waals surface area contributed by atoms with Gasteiger partial charge < -0.3 is 19.2 Å². The molecular formula is C23H17BrFNO5. The summed E-state index contributed by atoms with van der Waals surface area (Å²) in [6, 6.07) is 13.4. The fraction of sp³-hybridized carbons (Fsp3) is 0.130. The first-order valence-electron chi connectivity index (χ1n) is 9.31. The van der Waals surface area contributed by atoms with Crippen LogP contribution >= 0.6 is 15.9 Å². The van der Waals surface area contributed by atoms with Crippen molar-refractivity contribution in [2.45, 2.75) is 12.6 Å². The highest BCUT2D eigenvalue weighted by Crippen LogP contribution is 2.41. The third-order valence-corrected chi connectivity index (χ3v) is 5.59. The quantitative estimate of drug-likeness (QED) is 0.318. The Labute approximate surface area is 185 Å². The molecule has 0 radical (unpaired) electrons. The van der Waals surface area contributed by atoms with Crippen LogP contribution in [0.3, 0.4) is 0 Å². The van der Waals surface area contributed by atoms with Crippen LogP contribution in [0.2, 0.25) is 0 Å². The molecule has 1 aliphatic rings. The van der Waals surface area contributed by atoms with Crippen molar-refractivity contribution >= 4 is 33.4 Å². The first-order valence-corrected chi connectivity index (χ1v) is 10.1. The number of carbonyl (C=O) groups is 2. The second-order valence-electron chi connectivity index (χ2n) is 6.91. The number of amides is 1. The minimum atomic E-state index is -0.872. The Morgan fingerprint density at radius 2 is 1.94 bits per heavy atom. The van der Waals surface area contributed by atoms with Crippen LogP contribution in [-0.2, 0) is 16.1 Å². The smallest absolute Gasteiger partial charge is 0.296 e. The summed E-state index contributed by atoms with van der Waals surface area (Å²) in [4.78, 5) is 27.2. The van der Waals surface area contributed by atoms with Gasteiger partial charge in [0.25, 0.3) is 11.7 Å². The molecule has 6 nitrogen and oxygen atoms in total. The summed E-state index contributed by atoms with van der Waals surface area (Å²) >= 11 is 3.37. The fourth-order valence-electron chi connectivity index (χ4n) is 3.57. The maximum Gasteiger partial charge on any atom is 0.296 e. The van der Waals surface area contributed by atoms with Crippen molar-refractivity contribution in [2.24, 2.45) is 0 Å². The summed E-state index contributed by atoms with van der Waals surface area (Å²) in [6.45, 7) is 0.0338. The van der Waals surface area contributed by atoms with E-state index in [0.717, 1.165) is 10.5 Å². The minimum absolute atomic E-state index is 0.000666. The van der Waals surface area contributed by atoms with Gasteiger partial charge in [-0.15, -0.1) is 0 Å². The van der Waals surface area contributed by atoms with Crippen LogP contribution in [0.25, 0.3) is 5.76 Å². The first kappa shape index (κ1) is 20.9. The van der Waals surface area contributed by atoms with Gasteiger partial charge in [-0.3, -0.25) is 9.59 Å². The van der Waals surface area contributed by atoms with Gasteiger partial charge in [-0.2, -0.15) is 0 Å². The van der Waals surface area contributed by atoms with Crippen LogP contribution in [0, 0.1) is 5.82 Å². The Bertz CT molecular complexity index is 1170. The van der Waals surface area contributed by atoms with Gasteiger partial charge in [0.2, 0.25) is 0 Å². The highest BCUT2D eigenvalue weighted by molar-refractivity contribution is 9.10. The van der Waals surface area contributed by atoms with E-state index >= 15 is 0 Å². The lowest BCUT2D eigenvalue weighted by molar-refractivity contribution is -0.140. The zero-order valence-corrected chi connectivity index (χ0v) is 17.9. The van der Waals surface area contributed by atoms with E-state index in [1.165, 1.54) is 30.4 Å². The summed E-state index contributed by atoms with van der Waals surface area (Å²) in [5.41, 5.74) is 0.560. The number of Topliss-reactive ketones (excluding diaryl/α,β-unsaturated/α-hetero) is 1. The molecule has 158 valence electrons. The third-order valence-electron chi connectivity index (χ3n) is 5.06. The van der Waals surface area contributed by atoms with Crippen molar-refractivity contribution in [3.8, 4) is 5.75 Å². The van der Waals surface area contributed by atoms with Crippen molar-refractivity contribution in [2.75, 3.05) is 7.11 Å². The number of carbonyl (C=O) groups excluding carboxylic acids is 2. The number of halogens is 2. The Morgan fingerprint density at radius 1 is 1.19 bits per heavy atom. The van der Waals surface area contributed by atoms with Crippen LogP contribution in [0.5, 0.6) is 5.75 Å². The van der Waals surface area contributed by atoms with Gasteiger partial charge >= 0.3 is 0 Å². The molecular weight excluding hydrogens is 469 g/mol. The van der Waals surface area contributed by atoms with E-state index in [1.807, 2.05) is 0 Å². The molecule has 0 bridgehead atoms. The lowest BCUT2D eigenvalue weighted by Gasteiger charge is -2.24. The summed E-state index contributed by atoms with van der Waals surface area (Å²) in [6.07, 6.45) is 1.47. The molecule has 2 aromatic carbocycles. The molecule has 4 rings (SSSR count). The molecule has 1 atom stereocenters. The number of nitrogens with zero attached hydrogens (tertiary/aromatic N) is 1. The van der Waals surface area contributed by atoms with Gasteiger partial charge in [-0.05, 0) is 48.0 Å². The van der Waals surface area contributed by atoms with E-state index in [4.69, 9.17) is 9.15 Å². The number of benzene rings is 2. The number of ketones is 1. The van der Waals surface area contributed by atoms with Crippen molar-refractivity contribution in [1.82, 2.24) is 4.90 Å². The number of hydrogen-bond acceptors (Lipinski definition) is 5. The highest BCUT2D eigenvalue weighted by Gasteiger charge is 2.46. The average molecular weight is 486 g/mol. The number of ether oxygens (including phenoxy) is 1. The topological polar surface area (TPSA) is 80.0 Å². The molecule has 1 N–H and O–H groups in total. The number of methoxy groups -OCH3 is 1. The Morgan fingerprint density at radius 3 is 2.55 bits per heavy atom. The first-order chi connectivity index (χ1) is 14.9. The van der Waals surface area contributed by atoms with Gasteiger partial charge in [0, 0.05) is 10.0 Å². The standard InChI is InChI=1S/C23H17BrFNO5/c1-30-18-9-6-14(11-17(18)25)21(27)19-20(13-4-7-15(24)8-5-13)26(23(29)22(19)28)12-16-3-2-10-31-16/h2-11,20,27H,12H2,1H3/t20-/m1/s1. The molecule has 31 heavy (non-hydrogen) atoms. The van der Waals surface area contributed by atoms with Gasteiger partial charge in [-0.25, -0.2) is 4.39 Å². The predicted octanol–water partition coefficient (Wildman–Crippen LogP) is 4.81. The van der Waals surface area contributed by atoms with Crippen LogP contribution in [0.1, 0.15) is 22.9 Å². The molecule has 0 saturated carbocycles. The number of aliphatic hydroxyl groups excluding tert-OH is 1. The van der Waals surface area contributed by atoms with Crippen molar-refractivity contribution < 1.29 is 28.2 Å². The third kappa shape index (κ3) is 3.86. The Kier molecular flexibility index (Phi) is 5.65. The average Bonchev–Trinajstić information content (AvgIpc) is 3.36. The summed E-state index contributed by atoms with van der Waals surface area (Å²) in [7, 11) is 1.33.